The Morgan fingerprint density at radius 2 is 2.11 bits per heavy atom. The van der Waals surface area contributed by atoms with Crippen molar-refractivity contribution in [3.63, 3.8) is 0 Å². The van der Waals surface area contributed by atoms with E-state index in [2.05, 4.69) is 6.58 Å². The topological polar surface area (TPSA) is 57.5 Å². The Hall–Kier alpha value is -0.670. The van der Waals surface area contributed by atoms with Crippen molar-refractivity contribution >= 4 is 6.29 Å². The van der Waals surface area contributed by atoms with Gasteiger partial charge in [-0.25, -0.2) is 0 Å². The monoisotopic (exact) mass is 252 g/mol. The molecule has 18 heavy (non-hydrogen) atoms. The van der Waals surface area contributed by atoms with Crippen molar-refractivity contribution in [2.75, 3.05) is 0 Å². The molecule has 2 aliphatic rings. The molecule has 0 aliphatic heterocycles. The summed E-state index contributed by atoms with van der Waals surface area (Å²) in [6, 6.07) is 0. The summed E-state index contributed by atoms with van der Waals surface area (Å²) < 4.78 is 0. The molecule has 6 atom stereocenters. The molecule has 0 bridgehead atoms. The van der Waals surface area contributed by atoms with Gasteiger partial charge in [0, 0.05) is 5.92 Å². The Balaban J connectivity index is 2.28. The standard InChI is InChI=1S/C15H24O3/c1-9(2)11-4-5-15(7-11)10(3)14(18)13(17)6-12(15)8-16/h8,10-14,17-18H,1,4-7H2,2-3H3/t10-,11+,12-,13-,14+,15-/m0/s1. The number of allylic oxidation sites excluding steroid dienone is 1. The molecule has 0 radical (unpaired) electrons. The molecule has 2 aliphatic carbocycles. The normalized spacial score (nSPS) is 48.3. The molecule has 0 aromatic rings. The first-order chi connectivity index (χ1) is 8.42. The Morgan fingerprint density at radius 1 is 1.44 bits per heavy atom. The van der Waals surface area contributed by atoms with Crippen LogP contribution < -0.4 is 0 Å². The fourth-order valence-corrected chi connectivity index (χ4v) is 4.11. The van der Waals surface area contributed by atoms with E-state index in [0.717, 1.165) is 25.5 Å². The number of aliphatic hydroxyl groups excluding tert-OH is 2. The zero-order chi connectivity index (χ0) is 13.5. The molecule has 2 fully saturated rings. The summed E-state index contributed by atoms with van der Waals surface area (Å²) in [7, 11) is 0. The third-order valence-electron chi connectivity index (χ3n) is 5.49. The third-order valence-corrected chi connectivity index (χ3v) is 5.49. The molecular weight excluding hydrogens is 228 g/mol. The van der Waals surface area contributed by atoms with Crippen LogP contribution in [0.3, 0.4) is 0 Å². The van der Waals surface area contributed by atoms with E-state index in [9.17, 15) is 15.0 Å². The first-order valence-corrected chi connectivity index (χ1v) is 6.89. The highest BCUT2D eigenvalue weighted by Crippen LogP contribution is 2.57. The van der Waals surface area contributed by atoms with E-state index in [1.807, 2.05) is 13.8 Å². The smallest absolute Gasteiger partial charge is 0.123 e. The SMILES string of the molecule is C=C(C)[C@@H]1CC[C@@]2(C1)[C@H](C=O)C[C@H](O)[C@H](O)[C@@H]2C. The van der Waals surface area contributed by atoms with Crippen LogP contribution in [0, 0.1) is 23.2 Å². The van der Waals surface area contributed by atoms with Crippen LogP contribution in [0.1, 0.15) is 39.5 Å². The summed E-state index contributed by atoms with van der Waals surface area (Å²) in [5, 5.41) is 20.0. The van der Waals surface area contributed by atoms with Gasteiger partial charge in [-0.3, -0.25) is 0 Å². The van der Waals surface area contributed by atoms with E-state index < -0.39 is 12.2 Å². The van der Waals surface area contributed by atoms with Crippen LogP contribution in [-0.4, -0.2) is 28.7 Å². The highest BCUT2D eigenvalue weighted by molar-refractivity contribution is 5.56. The lowest BCUT2D eigenvalue weighted by Gasteiger charge is -2.48. The van der Waals surface area contributed by atoms with Crippen LogP contribution in [-0.2, 0) is 4.79 Å². The van der Waals surface area contributed by atoms with Crippen molar-refractivity contribution in [3.05, 3.63) is 12.2 Å². The Labute approximate surface area is 109 Å². The lowest BCUT2D eigenvalue weighted by molar-refractivity contribution is -0.142. The van der Waals surface area contributed by atoms with E-state index in [0.29, 0.717) is 12.3 Å². The van der Waals surface area contributed by atoms with E-state index >= 15 is 0 Å². The maximum atomic E-state index is 11.4. The Bertz CT molecular complexity index is 352. The van der Waals surface area contributed by atoms with Gasteiger partial charge >= 0.3 is 0 Å². The quantitative estimate of drug-likeness (QED) is 0.583. The van der Waals surface area contributed by atoms with Crippen molar-refractivity contribution in [2.24, 2.45) is 23.2 Å². The lowest BCUT2D eigenvalue weighted by Crippen LogP contribution is -2.52. The molecule has 0 amide bonds. The first kappa shape index (κ1) is 13.8. The molecule has 0 aromatic carbocycles. The molecule has 3 heteroatoms. The summed E-state index contributed by atoms with van der Waals surface area (Å²) in [5.41, 5.74) is 1.04. The van der Waals surface area contributed by atoms with Gasteiger partial charge in [0.2, 0.25) is 0 Å². The molecular formula is C15H24O3. The van der Waals surface area contributed by atoms with E-state index in [1.165, 1.54) is 5.57 Å². The van der Waals surface area contributed by atoms with Crippen LogP contribution in [0.2, 0.25) is 0 Å². The Kier molecular flexibility index (Phi) is 3.65. The fraction of sp³-hybridized carbons (Fsp3) is 0.800. The average molecular weight is 252 g/mol. The second-order valence-corrected chi connectivity index (χ2v) is 6.34. The second kappa shape index (κ2) is 4.78. The summed E-state index contributed by atoms with van der Waals surface area (Å²) in [4.78, 5) is 11.4. The van der Waals surface area contributed by atoms with E-state index in [1.54, 1.807) is 0 Å². The van der Waals surface area contributed by atoms with Crippen LogP contribution in [0.25, 0.3) is 0 Å². The highest BCUT2D eigenvalue weighted by atomic mass is 16.3. The van der Waals surface area contributed by atoms with Gasteiger partial charge in [0.15, 0.2) is 0 Å². The maximum Gasteiger partial charge on any atom is 0.123 e. The van der Waals surface area contributed by atoms with Gasteiger partial charge < -0.3 is 15.0 Å². The van der Waals surface area contributed by atoms with Gasteiger partial charge in [-0.1, -0.05) is 19.1 Å². The predicted molar refractivity (Wildman–Crippen MR) is 69.9 cm³/mol. The molecule has 2 N–H and O–H groups in total. The minimum atomic E-state index is -0.760. The predicted octanol–water partition coefficient (Wildman–Crippen LogP) is 1.93. The van der Waals surface area contributed by atoms with Crippen LogP contribution in [0.15, 0.2) is 12.2 Å². The zero-order valence-corrected chi connectivity index (χ0v) is 11.3. The third kappa shape index (κ3) is 1.94. The number of hydrogen-bond acceptors (Lipinski definition) is 3. The van der Waals surface area contributed by atoms with Gasteiger partial charge in [0.05, 0.1) is 12.2 Å². The summed E-state index contributed by atoms with van der Waals surface area (Å²) in [6.45, 7) is 8.04. The number of hydrogen-bond donors (Lipinski definition) is 2. The van der Waals surface area contributed by atoms with E-state index in [4.69, 9.17) is 0 Å². The minimum Gasteiger partial charge on any atom is -0.390 e. The summed E-state index contributed by atoms with van der Waals surface area (Å²) in [6.07, 6.45) is 2.86. The molecule has 0 saturated heterocycles. The molecule has 3 nitrogen and oxygen atoms in total. The second-order valence-electron chi connectivity index (χ2n) is 6.34. The molecule has 0 aromatic heterocycles. The number of aldehydes is 1. The number of rotatable bonds is 2. The minimum absolute atomic E-state index is 0.0270. The van der Waals surface area contributed by atoms with Crippen molar-refractivity contribution in [2.45, 2.75) is 51.7 Å². The first-order valence-electron chi connectivity index (χ1n) is 6.89. The van der Waals surface area contributed by atoms with Gasteiger partial charge in [-0.15, -0.1) is 0 Å². The van der Waals surface area contributed by atoms with E-state index in [-0.39, 0.29) is 17.3 Å². The largest absolute Gasteiger partial charge is 0.390 e. The average Bonchev–Trinajstić information content (AvgIpc) is 2.78. The number of carbonyl (C=O) groups excluding carboxylic acids is 1. The number of aliphatic hydroxyl groups is 2. The van der Waals surface area contributed by atoms with Crippen molar-refractivity contribution in [1.29, 1.82) is 0 Å². The lowest BCUT2D eigenvalue weighted by atomic mass is 9.58. The summed E-state index contributed by atoms with van der Waals surface area (Å²) >= 11 is 0. The van der Waals surface area contributed by atoms with Crippen molar-refractivity contribution < 1.29 is 15.0 Å². The molecule has 0 heterocycles. The van der Waals surface area contributed by atoms with Gasteiger partial charge in [0.1, 0.15) is 6.29 Å². The summed E-state index contributed by atoms with van der Waals surface area (Å²) in [5.74, 6) is 0.299. The van der Waals surface area contributed by atoms with Gasteiger partial charge in [-0.2, -0.15) is 0 Å². The highest BCUT2D eigenvalue weighted by Gasteiger charge is 2.55. The molecule has 0 unspecified atom stereocenters. The molecule has 1 spiro atoms. The van der Waals surface area contributed by atoms with Crippen molar-refractivity contribution in [3.8, 4) is 0 Å². The maximum absolute atomic E-state index is 11.4. The van der Waals surface area contributed by atoms with Gasteiger partial charge in [-0.05, 0) is 49.9 Å². The molecule has 2 saturated carbocycles. The number of carbonyl (C=O) groups is 1. The molecule has 102 valence electrons. The van der Waals surface area contributed by atoms with Crippen LogP contribution >= 0.6 is 0 Å². The zero-order valence-electron chi connectivity index (χ0n) is 11.3. The Morgan fingerprint density at radius 3 is 2.61 bits per heavy atom. The fourth-order valence-electron chi connectivity index (χ4n) is 4.11. The molecule has 2 rings (SSSR count). The van der Waals surface area contributed by atoms with Gasteiger partial charge in [0.25, 0.3) is 0 Å². The van der Waals surface area contributed by atoms with Crippen LogP contribution in [0.5, 0.6) is 0 Å². The van der Waals surface area contributed by atoms with Crippen LogP contribution in [0.4, 0.5) is 0 Å². The van der Waals surface area contributed by atoms with Crippen molar-refractivity contribution in [1.82, 2.24) is 0 Å².